The number of nitrogens with one attached hydrogen (secondary N) is 1. The highest BCUT2D eigenvalue weighted by Gasteiger charge is 2.13. The molecule has 1 rings (SSSR count). The van der Waals surface area contributed by atoms with Gasteiger partial charge in [-0.3, -0.25) is 0 Å². The third-order valence-electron chi connectivity index (χ3n) is 2.54. The van der Waals surface area contributed by atoms with Crippen molar-refractivity contribution >= 4 is 17.7 Å². The van der Waals surface area contributed by atoms with Crippen LogP contribution in [0.2, 0.25) is 0 Å². The fourth-order valence-corrected chi connectivity index (χ4v) is 1.48. The van der Waals surface area contributed by atoms with Crippen LogP contribution in [0, 0.1) is 0 Å². The molecule has 0 atom stereocenters. The molecule has 0 bridgehead atoms. The maximum Gasteiger partial charge on any atom is 0.335 e. The monoisotopic (exact) mass is 252 g/mol. The molecular formula is C12H16N2O4. The zero-order valence-corrected chi connectivity index (χ0v) is 10.3. The van der Waals surface area contributed by atoms with Crippen molar-refractivity contribution in [2.75, 3.05) is 18.4 Å². The van der Waals surface area contributed by atoms with Gasteiger partial charge in [0, 0.05) is 13.1 Å². The number of carboxylic acid groups (broad SMARTS) is 1. The van der Waals surface area contributed by atoms with Gasteiger partial charge in [-0.2, -0.15) is 0 Å². The number of hydrogen-bond donors (Lipinski definition) is 3. The van der Waals surface area contributed by atoms with Crippen molar-refractivity contribution < 1.29 is 19.8 Å². The van der Waals surface area contributed by atoms with E-state index in [0.717, 1.165) is 6.07 Å². The van der Waals surface area contributed by atoms with Crippen molar-refractivity contribution in [1.29, 1.82) is 0 Å². The highest BCUT2D eigenvalue weighted by molar-refractivity contribution is 5.93. The summed E-state index contributed by atoms with van der Waals surface area (Å²) >= 11 is 0. The lowest BCUT2D eigenvalue weighted by Crippen LogP contribution is -2.34. The molecule has 0 fully saturated rings. The molecule has 0 aliphatic carbocycles. The van der Waals surface area contributed by atoms with Gasteiger partial charge in [-0.05, 0) is 32.0 Å². The van der Waals surface area contributed by atoms with Crippen molar-refractivity contribution in [1.82, 2.24) is 4.90 Å². The van der Waals surface area contributed by atoms with E-state index in [2.05, 4.69) is 5.32 Å². The molecule has 3 N–H and O–H groups in total. The molecule has 0 aliphatic heterocycles. The Balaban J connectivity index is 2.86. The van der Waals surface area contributed by atoms with E-state index >= 15 is 0 Å². The predicted molar refractivity (Wildman–Crippen MR) is 67.0 cm³/mol. The minimum atomic E-state index is -1.13. The van der Waals surface area contributed by atoms with Gasteiger partial charge < -0.3 is 20.4 Å². The number of benzene rings is 1. The number of hydrogen-bond acceptors (Lipinski definition) is 3. The topological polar surface area (TPSA) is 89.9 Å². The molecule has 0 saturated carbocycles. The van der Waals surface area contributed by atoms with Crippen molar-refractivity contribution in [2.24, 2.45) is 0 Å². The first kappa shape index (κ1) is 13.8. The highest BCUT2D eigenvalue weighted by Crippen LogP contribution is 2.24. The van der Waals surface area contributed by atoms with Crippen LogP contribution in [0.4, 0.5) is 10.5 Å². The summed E-state index contributed by atoms with van der Waals surface area (Å²) in [4.78, 5) is 24.0. The average Bonchev–Trinajstić information content (AvgIpc) is 2.33. The first-order valence-electron chi connectivity index (χ1n) is 5.61. The van der Waals surface area contributed by atoms with Gasteiger partial charge in [-0.15, -0.1) is 0 Å². The summed E-state index contributed by atoms with van der Waals surface area (Å²) in [6.07, 6.45) is 0. The van der Waals surface area contributed by atoms with E-state index in [9.17, 15) is 14.7 Å². The van der Waals surface area contributed by atoms with Crippen LogP contribution in [0.5, 0.6) is 5.75 Å². The number of carbonyl (C=O) groups is 2. The summed E-state index contributed by atoms with van der Waals surface area (Å²) in [5.74, 6) is -1.40. The SMILES string of the molecule is CCN(CC)C(=O)Nc1ccc(C(=O)O)cc1O. The molecule has 1 aromatic carbocycles. The molecule has 98 valence electrons. The number of urea groups is 1. The van der Waals surface area contributed by atoms with E-state index in [4.69, 9.17) is 5.11 Å². The van der Waals surface area contributed by atoms with Gasteiger partial charge in [-0.1, -0.05) is 0 Å². The van der Waals surface area contributed by atoms with Gasteiger partial charge in [0.2, 0.25) is 0 Å². The summed E-state index contributed by atoms with van der Waals surface area (Å²) in [5.41, 5.74) is 0.158. The summed E-state index contributed by atoms with van der Waals surface area (Å²) < 4.78 is 0. The van der Waals surface area contributed by atoms with Gasteiger partial charge in [0.05, 0.1) is 11.3 Å². The molecule has 0 unspecified atom stereocenters. The van der Waals surface area contributed by atoms with Gasteiger partial charge in [-0.25, -0.2) is 9.59 Å². The molecule has 0 aliphatic rings. The third kappa shape index (κ3) is 3.13. The second-order valence-electron chi connectivity index (χ2n) is 3.64. The van der Waals surface area contributed by atoms with Crippen molar-refractivity contribution in [3.05, 3.63) is 23.8 Å². The summed E-state index contributed by atoms with van der Waals surface area (Å²) in [7, 11) is 0. The van der Waals surface area contributed by atoms with E-state index in [0.29, 0.717) is 13.1 Å². The van der Waals surface area contributed by atoms with Crippen LogP contribution >= 0.6 is 0 Å². The number of carbonyl (C=O) groups excluding carboxylic acids is 1. The van der Waals surface area contributed by atoms with Crippen LogP contribution in [0.3, 0.4) is 0 Å². The first-order chi connectivity index (χ1) is 8.49. The van der Waals surface area contributed by atoms with Crippen molar-refractivity contribution in [2.45, 2.75) is 13.8 Å². The Hall–Kier alpha value is -2.24. The molecule has 2 amide bonds. The molecule has 0 spiro atoms. The lowest BCUT2D eigenvalue weighted by molar-refractivity contribution is 0.0696. The zero-order valence-electron chi connectivity index (χ0n) is 10.3. The van der Waals surface area contributed by atoms with E-state index in [1.165, 1.54) is 12.1 Å². The number of phenolic OH excluding ortho intramolecular Hbond substituents is 1. The largest absolute Gasteiger partial charge is 0.506 e. The number of carboxylic acids is 1. The van der Waals surface area contributed by atoms with Gasteiger partial charge in [0.15, 0.2) is 0 Å². The van der Waals surface area contributed by atoms with Crippen LogP contribution in [0.1, 0.15) is 24.2 Å². The molecule has 6 heteroatoms. The third-order valence-corrected chi connectivity index (χ3v) is 2.54. The van der Waals surface area contributed by atoms with E-state index in [1.54, 1.807) is 4.90 Å². The van der Waals surface area contributed by atoms with Crippen LogP contribution in [-0.2, 0) is 0 Å². The Bertz CT molecular complexity index is 455. The zero-order chi connectivity index (χ0) is 13.7. The number of anilines is 1. The molecular weight excluding hydrogens is 236 g/mol. The second-order valence-corrected chi connectivity index (χ2v) is 3.64. The Morgan fingerprint density at radius 3 is 2.33 bits per heavy atom. The number of amides is 2. The summed E-state index contributed by atoms with van der Waals surface area (Å²) in [5, 5.41) is 20.9. The summed E-state index contributed by atoms with van der Waals surface area (Å²) in [6, 6.07) is 3.44. The standard InChI is InChI=1S/C12H16N2O4/c1-3-14(4-2)12(18)13-9-6-5-8(11(16)17)7-10(9)15/h5-7,15H,3-4H2,1-2H3,(H,13,18)(H,16,17). The first-order valence-corrected chi connectivity index (χ1v) is 5.61. The number of aromatic hydroxyl groups is 1. The lowest BCUT2D eigenvalue weighted by Gasteiger charge is -2.19. The Kier molecular flexibility index (Phi) is 4.53. The second kappa shape index (κ2) is 5.90. The van der Waals surface area contributed by atoms with E-state index in [-0.39, 0.29) is 23.0 Å². The number of nitrogens with zero attached hydrogens (tertiary/aromatic N) is 1. The van der Waals surface area contributed by atoms with Crippen LogP contribution in [0.25, 0.3) is 0 Å². The fourth-order valence-electron chi connectivity index (χ4n) is 1.48. The van der Waals surface area contributed by atoms with E-state index in [1.807, 2.05) is 13.8 Å². The molecule has 18 heavy (non-hydrogen) atoms. The Morgan fingerprint density at radius 2 is 1.89 bits per heavy atom. The molecule has 6 nitrogen and oxygen atoms in total. The van der Waals surface area contributed by atoms with Gasteiger partial charge in [0.25, 0.3) is 0 Å². The van der Waals surface area contributed by atoms with Gasteiger partial charge in [0.1, 0.15) is 5.75 Å². The predicted octanol–water partition coefficient (Wildman–Crippen LogP) is 1.96. The van der Waals surface area contributed by atoms with E-state index < -0.39 is 5.97 Å². The van der Waals surface area contributed by atoms with Crippen LogP contribution in [0.15, 0.2) is 18.2 Å². The number of phenols is 1. The smallest absolute Gasteiger partial charge is 0.335 e. The van der Waals surface area contributed by atoms with Crippen LogP contribution in [-0.4, -0.2) is 40.2 Å². The van der Waals surface area contributed by atoms with Crippen LogP contribution < -0.4 is 5.32 Å². The number of rotatable bonds is 4. The minimum Gasteiger partial charge on any atom is -0.506 e. The maximum absolute atomic E-state index is 11.7. The van der Waals surface area contributed by atoms with Crippen molar-refractivity contribution in [3.8, 4) is 5.75 Å². The summed E-state index contributed by atoms with van der Waals surface area (Å²) in [6.45, 7) is 4.79. The Morgan fingerprint density at radius 1 is 1.28 bits per heavy atom. The molecule has 0 radical (unpaired) electrons. The highest BCUT2D eigenvalue weighted by atomic mass is 16.4. The average molecular weight is 252 g/mol. The molecule has 1 aromatic rings. The molecule has 0 aromatic heterocycles. The fraction of sp³-hybridized carbons (Fsp3) is 0.333. The minimum absolute atomic E-state index is 0.0339. The normalized spacial score (nSPS) is 9.89. The van der Waals surface area contributed by atoms with Gasteiger partial charge >= 0.3 is 12.0 Å². The Labute approximate surface area is 105 Å². The lowest BCUT2D eigenvalue weighted by atomic mass is 10.2. The molecule has 0 heterocycles. The number of aromatic carboxylic acids is 1. The molecule has 0 saturated heterocycles. The van der Waals surface area contributed by atoms with Crippen molar-refractivity contribution in [3.63, 3.8) is 0 Å². The quantitative estimate of drug-likeness (QED) is 0.714. The maximum atomic E-state index is 11.7.